The molecule has 0 radical (unpaired) electrons. The molecule has 0 saturated carbocycles. The number of aromatic nitrogens is 2. The van der Waals surface area contributed by atoms with Crippen molar-refractivity contribution in [2.45, 2.75) is 25.7 Å². The number of hydrogen-bond donors (Lipinski definition) is 1. The molecule has 144 valence electrons. The van der Waals surface area contributed by atoms with E-state index in [0.29, 0.717) is 17.2 Å². The maximum absolute atomic E-state index is 12.5. The zero-order valence-electron chi connectivity index (χ0n) is 13.9. The summed E-state index contributed by atoms with van der Waals surface area (Å²) in [4.78, 5) is 23.9. The van der Waals surface area contributed by atoms with E-state index >= 15 is 0 Å². The molecule has 1 atom stereocenters. The Kier molecular flexibility index (Phi) is 4.93. The number of nitrogens with one attached hydrogen (secondary N) is 1. The summed E-state index contributed by atoms with van der Waals surface area (Å²) in [6.07, 6.45) is -4.77. The minimum absolute atomic E-state index is 0.0875. The van der Waals surface area contributed by atoms with Gasteiger partial charge in [0, 0.05) is 18.0 Å². The number of ether oxygens (including phenoxy) is 3. The molecule has 0 aliphatic carbocycles. The van der Waals surface area contributed by atoms with Gasteiger partial charge < -0.3 is 19.5 Å². The number of nitrogens with zero attached hydrogens (tertiary/aromatic N) is 2. The number of carbonyl (C=O) groups excluding carboxylic acids is 2. The van der Waals surface area contributed by atoms with E-state index in [1.165, 1.54) is 6.92 Å². The maximum atomic E-state index is 12.5. The Balaban J connectivity index is 1.53. The highest BCUT2D eigenvalue weighted by Gasteiger charge is 2.33. The first-order chi connectivity index (χ1) is 12.7. The third kappa shape index (κ3) is 4.49. The molecule has 2 aromatic rings. The Morgan fingerprint density at radius 2 is 2.04 bits per heavy atom. The number of fused-ring (bicyclic) bond motifs is 1. The van der Waals surface area contributed by atoms with Crippen molar-refractivity contribution in [1.29, 1.82) is 0 Å². The summed E-state index contributed by atoms with van der Waals surface area (Å²) in [7, 11) is 0. The second-order valence-electron chi connectivity index (χ2n) is 5.59. The van der Waals surface area contributed by atoms with Crippen LogP contribution in [0.4, 0.5) is 18.9 Å². The summed E-state index contributed by atoms with van der Waals surface area (Å²) in [6, 6.07) is 5.49. The highest BCUT2D eigenvalue weighted by atomic mass is 19.4. The molecule has 2 heterocycles. The predicted molar refractivity (Wildman–Crippen MR) is 84.0 cm³/mol. The standard InChI is InChI=1S/C16H14F3N3O5/c1-9(15(24)20-10-2-3-11-12(6-10)26-8-25-11)27-14(23)7-22-5-4-13(21-22)16(17,18)19/h2-6,9H,7-8H2,1H3,(H,20,24). The van der Waals surface area contributed by atoms with Crippen LogP contribution in [0, 0.1) is 0 Å². The van der Waals surface area contributed by atoms with Gasteiger partial charge in [0.25, 0.3) is 5.91 Å². The molecule has 1 N–H and O–H groups in total. The van der Waals surface area contributed by atoms with Gasteiger partial charge in [-0.15, -0.1) is 0 Å². The molecule has 3 rings (SSSR count). The lowest BCUT2D eigenvalue weighted by Crippen LogP contribution is -2.31. The average molecular weight is 385 g/mol. The van der Waals surface area contributed by atoms with Gasteiger partial charge in [0.1, 0.15) is 6.54 Å². The molecule has 1 aliphatic heterocycles. The Hall–Kier alpha value is -3.24. The van der Waals surface area contributed by atoms with Gasteiger partial charge in [-0.05, 0) is 25.1 Å². The lowest BCUT2D eigenvalue weighted by Gasteiger charge is -2.14. The van der Waals surface area contributed by atoms with Crippen LogP contribution in [-0.4, -0.2) is 34.6 Å². The molecular weight excluding hydrogens is 371 g/mol. The highest BCUT2D eigenvalue weighted by Crippen LogP contribution is 2.34. The third-order valence-electron chi connectivity index (χ3n) is 3.54. The number of hydrogen-bond acceptors (Lipinski definition) is 6. The van der Waals surface area contributed by atoms with Gasteiger partial charge in [-0.1, -0.05) is 0 Å². The van der Waals surface area contributed by atoms with E-state index in [0.717, 1.165) is 16.9 Å². The van der Waals surface area contributed by atoms with E-state index in [4.69, 9.17) is 14.2 Å². The van der Waals surface area contributed by atoms with Crippen LogP contribution < -0.4 is 14.8 Å². The van der Waals surface area contributed by atoms with Gasteiger partial charge in [0.05, 0.1) is 0 Å². The Labute approximate surface area is 150 Å². The van der Waals surface area contributed by atoms with Crippen molar-refractivity contribution in [1.82, 2.24) is 9.78 Å². The van der Waals surface area contributed by atoms with E-state index in [2.05, 4.69) is 10.4 Å². The van der Waals surface area contributed by atoms with Crippen molar-refractivity contribution < 1.29 is 37.0 Å². The molecule has 0 bridgehead atoms. The number of benzene rings is 1. The zero-order valence-corrected chi connectivity index (χ0v) is 13.9. The van der Waals surface area contributed by atoms with Crippen LogP contribution in [0.2, 0.25) is 0 Å². The number of anilines is 1. The molecule has 0 fully saturated rings. The summed E-state index contributed by atoms with van der Waals surface area (Å²) in [5, 5.41) is 5.78. The Morgan fingerprint density at radius 3 is 2.74 bits per heavy atom. The van der Waals surface area contributed by atoms with Gasteiger partial charge in [0.2, 0.25) is 6.79 Å². The molecular formula is C16H14F3N3O5. The lowest BCUT2D eigenvalue weighted by molar-refractivity contribution is -0.154. The van der Waals surface area contributed by atoms with Gasteiger partial charge in [-0.25, -0.2) is 0 Å². The normalized spacial score (nSPS) is 13.9. The van der Waals surface area contributed by atoms with Gasteiger partial charge in [0.15, 0.2) is 23.3 Å². The predicted octanol–water partition coefficient (Wildman–Crippen LogP) is 2.20. The van der Waals surface area contributed by atoms with Crippen molar-refractivity contribution in [2.24, 2.45) is 0 Å². The summed E-state index contributed by atoms with van der Waals surface area (Å²) in [5.41, 5.74) is -0.710. The zero-order chi connectivity index (χ0) is 19.6. The van der Waals surface area contributed by atoms with E-state index < -0.39 is 36.4 Å². The van der Waals surface area contributed by atoms with Gasteiger partial charge >= 0.3 is 12.1 Å². The number of halogens is 3. The number of rotatable bonds is 5. The monoisotopic (exact) mass is 385 g/mol. The first-order valence-electron chi connectivity index (χ1n) is 7.73. The summed E-state index contributed by atoms with van der Waals surface area (Å²) >= 11 is 0. The molecule has 1 amide bonds. The third-order valence-corrected chi connectivity index (χ3v) is 3.54. The van der Waals surface area contributed by atoms with Crippen LogP contribution in [0.1, 0.15) is 12.6 Å². The van der Waals surface area contributed by atoms with Crippen molar-refractivity contribution in [2.75, 3.05) is 12.1 Å². The van der Waals surface area contributed by atoms with Crippen LogP contribution in [0.3, 0.4) is 0 Å². The molecule has 8 nitrogen and oxygen atoms in total. The number of amides is 1. The summed E-state index contributed by atoms with van der Waals surface area (Å²) in [5.74, 6) is -0.500. The first-order valence-corrected chi connectivity index (χ1v) is 7.73. The van der Waals surface area contributed by atoms with Crippen LogP contribution >= 0.6 is 0 Å². The Morgan fingerprint density at radius 1 is 1.30 bits per heavy atom. The molecule has 1 aromatic carbocycles. The number of alkyl halides is 3. The summed E-state index contributed by atoms with van der Waals surface area (Å²) in [6.45, 7) is 0.867. The second kappa shape index (κ2) is 7.17. The van der Waals surface area contributed by atoms with E-state index in [-0.39, 0.29) is 6.79 Å². The first kappa shape index (κ1) is 18.5. The second-order valence-corrected chi connectivity index (χ2v) is 5.59. The quantitative estimate of drug-likeness (QED) is 0.794. The minimum Gasteiger partial charge on any atom is -0.454 e. The molecule has 0 spiro atoms. The van der Waals surface area contributed by atoms with Crippen molar-refractivity contribution >= 4 is 17.6 Å². The van der Waals surface area contributed by atoms with Crippen molar-refractivity contribution in [3.63, 3.8) is 0 Å². The van der Waals surface area contributed by atoms with Gasteiger partial charge in [-0.3, -0.25) is 14.3 Å². The van der Waals surface area contributed by atoms with E-state index in [1.54, 1.807) is 18.2 Å². The van der Waals surface area contributed by atoms with Crippen molar-refractivity contribution in [3.8, 4) is 11.5 Å². The molecule has 27 heavy (non-hydrogen) atoms. The van der Waals surface area contributed by atoms with Gasteiger partial charge in [-0.2, -0.15) is 18.3 Å². The van der Waals surface area contributed by atoms with Crippen LogP contribution in [0.15, 0.2) is 30.5 Å². The molecule has 0 saturated heterocycles. The largest absolute Gasteiger partial charge is 0.454 e. The maximum Gasteiger partial charge on any atom is 0.435 e. The minimum atomic E-state index is -4.60. The molecule has 11 heteroatoms. The van der Waals surface area contributed by atoms with E-state index in [9.17, 15) is 22.8 Å². The van der Waals surface area contributed by atoms with Crippen LogP contribution in [-0.2, 0) is 27.0 Å². The topological polar surface area (TPSA) is 91.7 Å². The average Bonchev–Trinajstić information content (AvgIpc) is 3.22. The van der Waals surface area contributed by atoms with Crippen LogP contribution in [0.5, 0.6) is 11.5 Å². The highest BCUT2D eigenvalue weighted by molar-refractivity contribution is 5.95. The SMILES string of the molecule is CC(OC(=O)Cn1ccc(C(F)(F)F)n1)C(=O)Nc1ccc2c(c1)OCO2. The fraction of sp³-hybridized carbons (Fsp3) is 0.312. The summed E-state index contributed by atoms with van der Waals surface area (Å²) < 4.78 is 53.5. The fourth-order valence-electron chi connectivity index (χ4n) is 2.24. The number of carbonyl (C=O) groups is 2. The van der Waals surface area contributed by atoms with E-state index in [1.807, 2.05) is 0 Å². The fourth-order valence-corrected chi connectivity index (χ4v) is 2.24. The number of esters is 1. The smallest absolute Gasteiger partial charge is 0.435 e. The van der Waals surface area contributed by atoms with Crippen LogP contribution in [0.25, 0.3) is 0 Å². The molecule has 1 aliphatic rings. The molecule has 1 aromatic heterocycles. The Bertz CT molecular complexity index is 865. The molecule has 1 unspecified atom stereocenters. The lowest BCUT2D eigenvalue weighted by atomic mass is 10.2. The van der Waals surface area contributed by atoms with Crippen molar-refractivity contribution in [3.05, 3.63) is 36.2 Å².